The van der Waals surface area contributed by atoms with E-state index in [1.807, 2.05) is 4.90 Å². The number of piperidine rings is 1. The number of hydrogen-bond donors (Lipinski definition) is 3. The van der Waals surface area contributed by atoms with Crippen molar-refractivity contribution < 1.29 is 19.7 Å². The molecule has 0 bridgehead atoms. The zero-order chi connectivity index (χ0) is 11.4. The summed E-state index contributed by atoms with van der Waals surface area (Å²) in [5.41, 5.74) is 0. The fraction of sp³-hybridized carbons (Fsp3) is 1.00. The van der Waals surface area contributed by atoms with E-state index in [0.29, 0.717) is 13.1 Å². The van der Waals surface area contributed by atoms with Gasteiger partial charge in [0.25, 0.3) is 0 Å². The quantitative estimate of drug-likeness (QED) is 0.611. The third-order valence-corrected chi connectivity index (χ3v) is 2.93. The fourth-order valence-electron chi connectivity index (χ4n) is 1.95. The van der Waals surface area contributed by atoms with Crippen LogP contribution >= 0.6 is 0 Å². The molecule has 1 aliphatic rings. The highest BCUT2D eigenvalue weighted by Crippen LogP contribution is 2.22. The van der Waals surface area contributed by atoms with E-state index in [0.717, 1.165) is 19.4 Å². The molecule has 1 aliphatic heterocycles. The van der Waals surface area contributed by atoms with Crippen molar-refractivity contribution in [2.75, 3.05) is 19.6 Å². The molecule has 0 spiro atoms. The second kappa shape index (κ2) is 5.75. The summed E-state index contributed by atoms with van der Waals surface area (Å²) >= 11 is 0. The van der Waals surface area contributed by atoms with Gasteiger partial charge in [0.15, 0.2) is 0 Å². The molecule has 4 atom stereocenters. The Morgan fingerprint density at radius 3 is 2.60 bits per heavy atom. The first-order valence-corrected chi connectivity index (χ1v) is 5.47. The van der Waals surface area contributed by atoms with Crippen molar-refractivity contribution in [1.82, 2.24) is 4.90 Å². The molecule has 1 fully saturated rings. The number of hydrogen-bond acceptors (Lipinski definition) is 4. The summed E-state index contributed by atoms with van der Waals surface area (Å²) in [6, 6.07) is 0. The fourth-order valence-corrected chi connectivity index (χ4v) is 1.95. The molecule has 0 aliphatic carbocycles. The number of rotatable bonds is 4. The Hall–Kier alpha value is -0.230. The monoisotopic (exact) mass is 221 g/mol. The molecule has 1 saturated heterocycles. The second-order valence-electron chi connectivity index (χ2n) is 4.21. The summed E-state index contributed by atoms with van der Waals surface area (Å²) in [6.45, 7) is 3.47. The smallest absolute Gasteiger partial charge is 0.203 e. The number of β-amino-alcohol motifs (C(OH)–C–C–N with tert-alkyl or cyclic N) is 1. The predicted octanol–water partition coefficient (Wildman–Crippen LogP) is -0.272. The molecule has 1 unspecified atom stereocenters. The van der Waals surface area contributed by atoms with Crippen LogP contribution in [0.2, 0.25) is 0 Å². The van der Waals surface area contributed by atoms with Crippen LogP contribution < -0.4 is 0 Å². The van der Waals surface area contributed by atoms with Gasteiger partial charge >= 0.3 is 0 Å². The number of aliphatic hydroxyl groups is 3. The van der Waals surface area contributed by atoms with Gasteiger partial charge in [-0.15, -0.1) is 0 Å². The molecule has 15 heavy (non-hydrogen) atoms. The van der Waals surface area contributed by atoms with Crippen molar-refractivity contribution in [3.63, 3.8) is 0 Å². The Balaban J connectivity index is 2.50. The molecular weight excluding hydrogens is 201 g/mol. The number of nitrogens with zero attached hydrogens (tertiary/aromatic N) is 1. The Bertz CT molecular complexity index is 192. The number of alkyl halides is 1. The van der Waals surface area contributed by atoms with Crippen molar-refractivity contribution in [2.24, 2.45) is 5.92 Å². The summed E-state index contributed by atoms with van der Waals surface area (Å²) < 4.78 is 12.8. The van der Waals surface area contributed by atoms with Crippen LogP contribution in [0.5, 0.6) is 0 Å². The van der Waals surface area contributed by atoms with Crippen LogP contribution in [-0.4, -0.2) is 58.4 Å². The third-order valence-electron chi connectivity index (χ3n) is 2.93. The Morgan fingerprint density at radius 2 is 2.07 bits per heavy atom. The third kappa shape index (κ3) is 3.38. The van der Waals surface area contributed by atoms with Gasteiger partial charge in [0.2, 0.25) is 6.36 Å². The Labute approximate surface area is 89.3 Å². The Morgan fingerprint density at radius 1 is 1.40 bits per heavy atom. The zero-order valence-electron chi connectivity index (χ0n) is 9.01. The normalized spacial score (nSPS) is 35.4. The average Bonchev–Trinajstić information content (AvgIpc) is 2.19. The van der Waals surface area contributed by atoms with Gasteiger partial charge < -0.3 is 20.2 Å². The lowest BCUT2D eigenvalue weighted by Gasteiger charge is -2.39. The Kier molecular flexibility index (Phi) is 4.92. The van der Waals surface area contributed by atoms with E-state index in [1.165, 1.54) is 0 Å². The van der Waals surface area contributed by atoms with E-state index in [-0.39, 0.29) is 0 Å². The van der Waals surface area contributed by atoms with E-state index in [9.17, 15) is 14.6 Å². The zero-order valence-corrected chi connectivity index (χ0v) is 9.01. The molecular formula is C10H20FNO3. The van der Waals surface area contributed by atoms with Crippen molar-refractivity contribution >= 4 is 0 Å². The van der Waals surface area contributed by atoms with Gasteiger partial charge in [0.05, 0.1) is 18.1 Å². The van der Waals surface area contributed by atoms with Gasteiger partial charge in [-0.2, -0.15) is 0 Å². The van der Waals surface area contributed by atoms with Crippen molar-refractivity contribution in [1.29, 1.82) is 0 Å². The van der Waals surface area contributed by atoms with E-state index in [4.69, 9.17) is 5.11 Å². The van der Waals surface area contributed by atoms with Crippen LogP contribution in [0, 0.1) is 5.92 Å². The largest absolute Gasteiger partial charge is 0.390 e. The van der Waals surface area contributed by atoms with Crippen LogP contribution in [0.15, 0.2) is 0 Å². The van der Waals surface area contributed by atoms with Crippen LogP contribution in [0.4, 0.5) is 4.39 Å². The van der Waals surface area contributed by atoms with Crippen molar-refractivity contribution in [3.05, 3.63) is 0 Å². The van der Waals surface area contributed by atoms with Crippen LogP contribution in [0.1, 0.15) is 19.8 Å². The molecule has 1 rings (SSSR count). The van der Waals surface area contributed by atoms with Gasteiger partial charge in [-0.3, -0.25) is 0 Å². The number of likely N-dealkylation sites (tertiary alicyclic amines) is 1. The molecule has 90 valence electrons. The molecule has 0 radical (unpaired) electrons. The SMILES string of the molecule is CCCCN1C[C@@H](O)[C@H](O)[C@@H](C(O)F)C1. The van der Waals surface area contributed by atoms with Gasteiger partial charge in [0.1, 0.15) is 0 Å². The molecule has 0 aromatic heterocycles. The highest BCUT2D eigenvalue weighted by Gasteiger charge is 2.38. The van der Waals surface area contributed by atoms with E-state index in [2.05, 4.69) is 6.92 Å². The number of unbranched alkanes of at least 4 members (excludes halogenated alkanes) is 1. The molecule has 3 N–H and O–H groups in total. The van der Waals surface area contributed by atoms with Gasteiger partial charge in [0, 0.05) is 13.1 Å². The number of aliphatic hydroxyl groups excluding tert-OH is 3. The van der Waals surface area contributed by atoms with Crippen LogP contribution in [0.3, 0.4) is 0 Å². The molecule has 0 aromatic rings. The molecule has 5 heteroatoms. The number of halogens is 1. The summed E-state index contributed by atoms with van der Waals surface area (Å²) in [4.78, 5) is 1.88. The minimum Gasteiger partial charge on any atom is -0.390 e. The molecule has 1 heterocycles. The first-order chi connectivity index (χ1) is 7.06. The van der Waals surface area contributed by atoms with Gasteiger partial charge in [-0.1, -0.05) is 13.3 Å². The lowest BCUT2D eigenvalue weighted by Crippen LogP contribution is -2.55. The van der Waals surface area contributed by atoms with Crippen LogP contribution in [0.25, 0.3) is 0 Å². The van der Waals surface area contributed by atoms with Crippen molar-refractivity contribution in [3.8, 4) is 0 Å². The summed E-state index contributed by atoms with van der Waals surface area (Å²) in [5.74, 6) is -0.898. The average molecular weight is 221 g/mol. The lowest BCUT2D eigenvalue weighted by molar-refractivity contribution is -0.139. The maximum absolute atomic E-state index is 12.8. The minimum atomic E-state index is -2.07. The molecule has 0 amide bonds. The van der Waals surface area contributed by atoms with E-state index < -0.39 is 24.5 Å². The minimum absolute atomic E-state index is 0.301. The van der Waals surface area contributed by atoms with Crippen molar-refractivity contribution in [2.45, 2.75) is 38.3 Å². The first-order valence-electron chi connectivity index (χ1n) is 5.47. The molecule has 0 aromatic carbocycles. The van der Waals surface area contributed by atoms with Gasteiger partial charge in [-0.05, 0) is 13.0 Å². The molecule has 0 saturated carbocycles. The predicted molar refractivity (Wildman–Crippen MR) is 54.0 cm³/mol. The van der Waals surface area contributed by atoms with E-state index >= 15 is 0 Å². The second-order valence-corrected chi connectivity index (χ2v) is 4.21. The van der Waals surface area contributed by atoms with Crippen LogP contribution in [-0.2, 0) is 0 Å². The maximum Gasteiger partial charge on any atom is 0.203 e. The summed E-state index contributed by atoms with van der Waals surface area (Å²) in [5, 5.41) is 27.8. The van der Waals surface area contributed by atoms with Gasteiger partial charge in [-0.25, -0.2) is 4.39 Å². The topological polar surface area (TPSA) is 63.9 Å². The van der Waals surface area contributed by atoms with E-state index in [1.54, 1.807) is 0 Å². The molecule has 4 nitrogen and oxygen atoms in total. The highest BCUT2D eigenvalue weighted by molar-refractivity contribution is 4.87. The summed E-state index contributed by atoms with van der Waals surface area (Å²) in [7, 11) is 0. The lowest BCUT2D eigenvalue weighted by atomic mass is 9.92. The standard InChI is InChI=1S/C10H20FNO3/c1-2-3-4-12-5-7(10(11)15)9(14)8(13)6-12/h7-10,13-15H,2-6H2,1H3/t7-,8+,9+,10?/m0/s1. The maximum atomic E-state index is 12.8. The summed E-state index contributed by atoms with van der Waals surface area (Å²) in [6.07, 6.45) is -2.21. The first kappa shape index (κ1) is 12.8. The highest BCUT2D eigenvalue weighted by atomic mass is 19.1.